The minimum atomic E-state index is -2.48. The minimum Gasteiger partial charge on any atom is -0.374 e. The SMILES string of the molecule is NNc1nc(NCCOCC(F)F)nc(-n2ccnc2)n1. The number of hydrogen-bond donors (Lipinski definition) is 3. The zero-order valence-corrected chi connectivity index (χ0v) is 10.9. The fraction of sp³-hybridized carbons (Fsp3) is 0.400. The molecule has 2 rings (SSSR count). The molecule has 0 aliphatic heterocycles. The van der Waals surface area contributed by atoms with Crippen LogP contribution in [0.1, 0.15) is 0 Å². The number of rotatable bonds is 8. The van der Waals surface area contributed by atoms with E-state index in [0.29, 0.717) is 5.95 Å². The van der Waals surface area contributed by atoms with Gasteiger partial charge in [-0.2, -0.15) is 15.0 Å². The molecule has 11 heteroatoms. The van der Waals surface area contributed by atoms with Crippen molar-refractivity contribution in [1.82, 2.24) is 24.5 Å². The van der Waals surface area contributed by atoms with E-state index in [1.54, 1.807) is 17.0 Å². The first-order chi connectivity index (χ1) is 10.2. The van der Waals surface area contributed by atoms with Gasteiger partial charge in [-0.3, -0.25) is 9.99 Å². The van der Waals surface area contributed by atoms with Gasteiger partial charge in [-0.25, -0.2) is 19.6 Å². The number of nitrogen functional groups attached to an aromatic ring is 1. The lowest BCUT2D eigenvalue weighted by Gasteiger charge is -2.09. The lowest BCUT2D eigenvalue weighted by molar-refractivity contribution is 0.0214. The second kappa shape index (κ2) is 7.40. The van der Waals surface area contributed by atoms with Crippen LogP contribution in [0, 0.1) is 0 Å². The summed E-state index contributed by atoms with van der Waals surface area (Å²) in [6.07, 6.45) is 2.27. The van der Waals surface area contributed by atoms with Crippen molar-refractivity contribution in [3.05, 3.63) is 18.7 Å². The monoisotopic (exact) mass is 300 g/mol. The molecular weight excluding hydrogens is 286 g/mol. The van der Waals surface area contributed by atoms with Gasteiger partial charge in [-0.1, -0.05) is 0 Å². The summed E-state index contributed by atoms with van der Waals surface area (Å²) in [6.45, 7) is -0.235. The molecule has 21 heavy (non-hydrogen) atoms. The van der Waals surface area contributed by atoms with Gasteiger partial charge in [-0.05, 0) is 0 Å². The maximum absolute atomic E-state index is 11.9. The molecule has 0 unspecified atom stereocenters. The number of nitrogens with one attached hydrogen (secondary N) is 2. The average Bonchev–Trinajstić information content (AvgIpc) is 3.00. The van der Waals surface area contributed by atoms with Crippen molar-refractivity contribution in [2.24, 2.45) is 5.84 Å². The molecule has 0 aromatic carbocycles. The summed E-state index contributed by atoms with van der Waals surface area (Å²) in [4.78, 5) is 16.1. The zero-order chi connectivity index (χ0) is 15.1. The van der Waals surface area contributed by atoms with E-state index in [-0.39, 0.29) is 25.0 Å². The maximum atomic E-state index is 11.9. The van der Waals surface area contributed by atoms with Crippen LogP contribution in [0.15, 0.2) is 18.7 Å². The molecule has 0 aliphatic carbocycles. The summed E-state index contributed by atoms with van der Waals surface area (Å²) < 4.78 is 30.1. The molecule has 0 saturated heterocycles. The van der Waals surface area contributed by atoms with Gasteiger partial charge in [0.1, 0.15) is 12.9 Å². The number of nitrogens with two attached hydrogens (primary N) is 1. The Balaban J connectivity index is 1.97. The molecule has 4 N–H and O–H groups in total. The highest BCUT2D eigenvalue weighted by molar-refractivity contribution is 5.37. The van der Waals surface area contributed by atoms with E-state index in [1.807, 2.05) is 0 Å². The van der Waals surface area contributed by atoms with Gasteiger partial charge >= 0.3 is 0 Å². The predicted octanol–water partition coefficient (Wildman–Crippen LogP) is 0.0365. The molecule has 2 heterocycles. The van der Waals surface area contributed by atoms with Crippen LogP contribution in [-0.4, -0.2) is 50.7 Å². The number of aromatic nitrogens is 5. The van der Waals surface area contributed by atoms with Crippen molar-refractivity contribution in [3.63, 3.8) is 0 Å². The van der Waals surface area contributed by atoms with Crippen molar-refractivity contribution in [3.8, 4) is 5.95 Å². The quantitative estimate of drug-likeness (QED) is 0.355. The summed E-state index contributed by atoms with van der Waals surface area (Å²) in [5, 5.41) is 2.83. The molecule has 0 amide bonds. The first-order valence-corrected chi connectivity index (χ1v) is 6.00. The van der Waals surface area contributed by atoms with Gasteiger partial charge in [0, 0.05) is 18.9 Å². The summed E-state index contributed by atoms with van der Waals surface area (Å²) >= 11 is 0. The summed E-state index contributed by atoms with van der Waals surface area (Å²) in [5.74, 6) is 5.99. The third-order valence-electron chi connectivity index (χ3n) is 2.26. The number of nitrogens with zero attached hydrogens (tertiary/aromatic N) is 5. The number of hydrogen-bond acceptors (Lipinski definition) is 8. The predicted molar refractivity (Wildman–Crippen MR) is 70.1 cm³/mol. The van der Waals surface area contributed by atoms with Gasteiger partial charge in [0.15, 0.2) is 0 Å². The summed E-state index contributed by atoms with van der Waals surface area (Å²) in [7, 11) is 0. The molecule has 0 fully saturated rings. The fourth-order valence-electron chi connectivity index (χ4n) is 1.41. The van der Waals surface area contributed by atoms with Crippen molar-refractivity contribution in [2.75, 3.05) is 30.5 Å². The van der Waals surface area contributed by atoms with E-state index in [9.17, 15) is 8.78 Å². The molecule has 0 radical (unpaired) electrons. The van der Waals surface area contributed by atoms with Crippen LogP contribution in [0.5, 0.6) is 0 Å². The van der Waals surface area contributed by atoms with Crippen LogP contribution in [0.25, 0.3) is 5.95 Å². The van der Waals surface area contributed by atoms with Gasteiger partial charge in [0.05, 0.1) is 6.61 Å². The number of imidazole rings is 1. The molecule has 0 spiro atoms. The number of alkyl halides is 2. The van der Waals surface area contributed by atoms with Crippen LogP contribution in [-0.2, 0) is 4.74 Å². The zero-order valence-electron chi connectivity index (χ0n) is 10.9. The maximum Gasteiger partial charge on any atom is 0.261 e. The Morgan fingerprint density at radius 2 is 2.10 bits per heavy atom. The van der Waals surface area contributed by atoms with Gasteiger partial charge in [0.25, 0.3) is 6.43 Å². The van der Waals surface area contributed by atoms with Crippen LogP contribution in [0.4, 0.5) is 20.7 Å². The van der Waals surface area contributed by atoms with E-state index in [0.717, 1.165) is 0 Å². The fourth-order valence-corrected chi connectivity index (χ4v) is 1.41. The molecule has 2 aromatic rings. The lowest BCUT2D eigenvalue weighted by atomic mass is 10.6. The highest BCUT2D eigenvalue weighted by Gasteiger charge is 2.07. The number of hydrazine groups is 1. The van der Waals surface area contributed by atoms with Gasteiger partial charge in [0.2, 0.25) is 17.8 Å². The summed E-state index contributed by atoms with van der Waals surface area (Å²) in [5.41, 5.74) is 2.32. The molecule has 9 nitrogen and oxygen atoms in total. The number of ether oxygens (including phenoxy) is 1. The smallest absolute Gasteiger partial charge is 0.261 e. The molecule has 0 saturated carbocycles. The van der Waals surface area contributed by atoms with E-state index in [4.69, 9.17) is 10.6 Å². The summed E-state index contributed by atoms with van der Waals surface area (Å²) in [6, 6.07) is 0. The Morgan fingerprint density at radius 1 is 1.29 bits per heavy atom. The Morgan fingerprint density at radius 3 is 2.76 bits per heavy atom. The van der Waals surface area contributed by atoms with Crippen LogP contribution < -0.4 is 16.6 Å². The van der Waals surface area contributed by atoms with E-state index in [1.165, 1.54) is 6.33 Å². The van der Waals surface area contributed by atoms with E-state index in [2.05, 4.69) is 30.7 Å². The molecule has 114 valence electrons. The Kier molecular flexibility index (Phi) is 5.29. The lowest BCUT2D eigenvalue weighted by Crippen LogP contribution is -2.18. The molecule has 0 bridgehead atoms. The van der Waals surface area contributed by atoms with Gasteiger partial charge in [-0.15, -0.1) is 0 Å². The Labute approximate surface area is 118 Å². The van der Waals surface area contributed by atoms with Crippen molar-refractivity contribution in [2.45, 2.75) is 6.43 Å². The van der Waals surface area contributed by atoms with Crippen LogP contribution in [0.2, 0.25) is 0 Å². The van der Waals surface area contributed by atoms with Gasteiger partial charge < -0.3 is 10.1 Å². The topological polar surface area (TPSA) is 116 Å². The molecule has 0 aliphatic rings. The highest BCUT2D eigenvalue weighted by atomic mass is 19.3. The molecule has 2 aromatic heterocycles. The molecule has 0 atom stereocenters. The standard InChI is InChI=1S/C10H14F2N8O/c11-7(12)5-21-4-2-15-8-16-9(19-13)18-10(17-8)20-3-1-14-6-20/h1,3,6-7H,2,4-5,13H2,(H2,15,16,17,18,19). The third-order valence-corrected chi connectivity index (χ3v) is 2.26. The number of halogens is 2. The third kappa shape index (κ3) is 4.57. The first kappa shape index (κ1) is 15.0. The highest BCUT2D eigenvalue weighted by Crippen LogP contribution is 2.08. The van der Waals surface area contributed by atoms with Crippen molar-refractivity contribution in [1.29, 1.82) is 0 Å². The van der Waals surface area contributed by atoms with Crippen LogP contribution >= 0.6 is 0 Å². The van der Waals surface area contributed by atoms with E-state index >= 15 is 0 Å². The Bertz CT molecular complexity index is 550. The van der Waals surface area contributed by atoms with E-state index < -0.39 is 13.0 Å². The van der Waals surface area contributed by atoms with Crippen molar-refractivity contribution < 1.29 is 13.5 Å². The normalized spacial score (nSPS) is 10.9. The van der Waals surface area contributed by atoms with Crippen molar-refractivity contribution >= 4 is 11.9 Å². The first-order valence-electron chi connectivity index (χ1n) is 6.00. The Hall–Kier alpha value is -2.40. The van der Waals surface area contributed by atoms with Crippen LogP contribution in [0.3, 0.4) is 0 Å². The average molecular weight is 300 g/mol. The number of anilines is 2. The largest absolute Gasteiger partial charge is 0.374 e. The minimum absolute atomic E-state index is 0.0990. The second-order valence-electron chi connectivity index (χ2n) is 3.79. The molecular formula is C10H14F2N8O. The second-order valence-corrected chi connectivity index (χ2v) is 3.79.